The summed E-state index contributed by atoms with van der Waals surface area (Å²) < 4.78 is 37.4. The Bertz CT molecular complexity index is 904. The third-order valence-corrected chi connectivity index (χ3v) is 3.43. The summed E-state index contributed by atoms with van der Waals surface area (Å²) >= 11 is 0. The molecule has 1 heterocycles. The van der Waals surface area contributed by atoms with Crippen molar-refractivity contribution in [2.24, 2.45) is 0 Å². The quantitative estimate of drug-likeness (QED) is 0.686. The van der Waals surface area contributed by atoms with Gasteiger partial charge >= 0.3 is 0 Å². The zero-order valence-corrected chi connectivity index (χ0v) is 12.9. The van der Waals surface area contributed by atoms with Gasteiger partial charge in [-0.05, 0) is 30.3 Å². The molecule has 1 aliphatic heterocycles. The molecule has 0 aromatic heterocycles. The third kappa shape index (κ3) is 3.75. The summed E-state index contributed by atoms with van der Waals surface area (Å²) in [5.41, 5.74) is 0.0191. The number of hydrogen-bond donors (Lipinski definition) is 1. The molecule has 0 bridgehead atoms. The number of nitrogens with zero attached hydrogens (tertiary/aromatic N) is 1. The molecular weight excluding hydrogens is 330 g/mol. The van der Waals surface area contributed by atoms with Crippen molar-refractivity contribution in [1.29, 1.82) is 5.26 Å². The monoisotopic (exact) mass is 342 g/mol. The summed E-state index contributed by atoms with van der Waals surface area (Å²) in [5, 5.41) is 11.7. The maximum atomic E-state index is 13.7. The lowest BCUT2D eigenvalue weighted by Crippen LogP contribution is -2.17. The maximum Gasteiger partial charge on any atom is 0.266 e. The highest BCUT2D eigenvalue weighted by atomic mass is 19.1. The Morgan fingerprint density at radius 3 is 2.60 bits per heavy atom. The molecule has 25 heavy (non-hydrogen) atoms. The topological polar surface area (TPSA) is 71.4 Å². The highest BCUT2D eigenvalue weighted by Gasteiger charge is 2.15. The Labute approximate surface area is 142 Å². The number of halogens is 2. The van der Waals surface area contributed by atoms with Gasteiger partial charge in [-0.2, -0.15) is 5.26 Å². The Hall–Kier alpha value is -3.40. The van der Waals surface area contributed by atoms with E-state index in [0.717, 1.165) is 18.2 Å². The van der Waals surface area contributed by atoms with Gasteiger partial charge in [0.05, 0.1) is 0 Å². The summed E-state index contributed by atoms with van der Waals surface area (Å²) in [6, 6.07) is 9.39. The molecule has 0 fully saturated rings. The van der Waals surface area contributed by atoms with E-state index in [1.807, 2.05) is 0 Å². The fourth-order valence-corrected chi connectivity index (χ4v) is 2.24. The van der Waals surface area contributed by atoms with E-state index in [1.165, 1.54) is 0 Å². The second-order valence-corrected chi connectivity index (χ2v) is 5.15. The van der Waals surface area contributed by atoms with Crippen molar-refractivity contribution in [1.82, 2.24) is 0 Å². The Morgan fingerprint density at radius 2 is 1.88 bits per heavy atom. The van der Waals surface area contributed by atoms with Crippen LogP contribution in [0.3, 0.4) is 0 Å². The van der Waals surface area contributed by atoms with Gasteiger partial charge in [0.2, 0.25) is 0 Å². The smallest absolute Gasteiger partial charge is 0.266 e. The van der Waals surface area contributed by atoms with Crippen LogP contribution in [0, 0.1) is 23.0 Å². The number of nitrogens with one attached hydrogen (secondary N) is 1. The molecule has 7 heteroatoms. The minimum atomic E-state index is -0.861. The molecule has 0 saturated heterocycles. The lowest BCUT2D eigenvalue weighted by atomic mass is 10.1. The van der Waals surface area contributed by atoms with E-state index in [9.17, 15) is 13.6 Å². The van der Waals surface area contributed by atoms with Crippen molar-refractivity contribution < 1.29 is 23.0 Å². The van der Waals surface area contributed by atoms with Gasteiger partial charge in [0.15, 0.2) is 11.5 Å². The van der Waals surface area contributed by atoms with Gasteiger partial charge in [0, 0.05) is 23.4 Å². The van der Waals surface area contributed by atoms with Crippen molar-refractivity contribution in [3.05, 3.63) is 59.2 Å². The van der Waals surface area contributed by atoms with Crippen LogP contribution in [0.2, 0.25) is 0 Å². The first-order valence-corrected chi connectivity index (χ1v) is 7.34. The average Bonchev–Trinajstić information content (AvgIpc) is 2.61. The first kappa shape index (κ1) is 16.5. The molecule has 0 spiro atoms. The van der Waals surface area contributed by atoms with Gasteiger partial charge in [-0.3, -0.25) is 4.79 Å². The summed E-state index contributed by atoms with van der Waals surface area (Å²) in [5.74, 6) is -1.28. The van der Waals surface area contributed by atoms with Gasteiger partial charge in [0.1, 0.15) is 36.5 Å². The molecule has 126 valence electrons. The zero-order valence-electron chi connectivity index (χ0n) is 12.9. The molecule has 0 aliphatic carbocycles. The number of fused-ring (bicyclic) bond motifs is 1. The zero-order chi connectivity index (χ0) is 17.8. The number of hydrogen-bond acceptors (Lipinski definition) is 4. The molecule has 0 atom stereocenters. The number of amides is 1. The van der Waals surface area contributed by atoms with Crippen molar-refractivity contribution in [2.45, 2.75) is 0 Å². The second-order valence-electron chi connectivity index (χ2n) is 5.15. The maximum absolute atomic E-state index is 13.7. The highest BCUT2D eigenvalue weighted by Crippen LogP contribution is 2.32. The number of carbonyl (C=O) groups excluding carboxylic acids is 1. The largest absolute Gasteiger partial charge is 0.486 e. The molecule has 0 radical (unpaired) electrons. The predicted molar refractivity (Wildman–Crippen MR) is 86.0 cm³/mol. The predicted octanol–water partition coefficient (Wildman–Crippen LogP) is 3.28. The number of anilines is 1. The SMILES string of the molecule is N#C/C(=C\c1ccc(F)cc1F)C(=O)Nc1ccc2c(c1)OCCO2. The highest BCUT2D eigenvalue weighted by molar-refractivity contribution is 6.09. The van der Waals surface area contributed by atoms with Crippen LogP contribution >= 0.6 is 0 Å². The Kier molecular flexibility index (Phi) is 4.61. The third-order valence-electron chi connectivity index (χ3n) is 3.43. The van der Waals surface area contributed by atoms with Crippen molar-refractivity contribution in [3.63, 3.8) is 0 Å². The molecule has 1 amide bonds. The summed E-state index contributed by atoms with van der Waals surface area (Å²) in [6.45, 7) is 0.848. The van der Waals surface area contributed by atoms with E-state index < -0.39 is 17.5 Å². The Balaban J connectivity index is 1.81. The molecule has 5 nitrogen and oxygen atoms in total. The number of benzene rings is 2. The molecular formula is C18H12F2N2O3. The number of rotatable bonds is 3. The van der Waals surface area contributed by atoms with Crippen LogP contribution in [0.4, 0.5) is 14.5 Å². The number of ether oxygens (including phenoxy) is 2. The van der Waals surface area contributed by atoms with E-state index >= 15 is 0 Å². The average molecular weight is 342 g/mol. The molecule has 2 aromatic carbocycles. The van der Waals surface area contributed by atoms with Gasteiger partial charge in [0.25, 0.3) is 5.91 Å². The van der Waals surface area contributed by atoms with Crippen LogP contribution in [-0.4, -0.2) is 19.1 Å². The van der Waals surface area contributed by atoms with E-state index in [-0.39, 0.29) is 11.1 Å². The molecule has 3 rings (SSSR count). The minimum absolute atomic E-state index is 0.0599. The fourth-order valence-electron chi connectivity index (χ4n) is 2.24. The van der Waals surface area contributed by atoms with Gasteiger partial charge in [-0.1, -0.05) is 0 Å². The van der Waals surface area contributed by atoms with Crippen LogP contribution < -0.4 is 14.8 Å². The molecule has 1 N–H and O–H groups in total. The summed E-state index contributed by atoms with van der Waals surface area (Å²) in [4.78, 5) is 12.2. The van der Waals surface area contributed by atoms with E-state index in [4.69, 9.17) is 14.7 Å². The molecule has 2 aromatic rings. The standard InChI is InChI=1S/C18H12F2N2O3/c19-13-2-1-11(15(20)8-13)7-12(10-21)18(23)22-14-3-4-16-17(9-14)25-6-5-24-16/h1-4,7-9H,5-6H2,(H,22,23)/b12-7+. The minimum Gasteiger partial charge on any atom is -0.486 e. The molecule has 1 aliphatic rings. The van der Waals surface area contributed by atoms with E-state index in [1.54, 1.807) is 24.3 Å². The van der Waals surface area contributed by atoms with Crippen LogP contribution in [0.25, 0.3) is 6.08 Å². The van der Waals surface area contributed by atoms with Crippen LogP contribution in [-0.2, 0) is 4.79 Å². The molecule has 0 unspecified atom stereocenters. The first-order valence-electron chi connectivity index (χ1n) is 7.34. The summed E-state index contributed by atoms with van der Waals surface area (Å²) in [6.07, 6.45) is 1.06. The number of nitriles is 1. The van der Waals surface area contributed by atoms with Gasteiger partial charge in [-0.25, -0.2) is 8.78 Å². The van der Waals surface area contributed by atoms with Gasteiger partial charge in [-0.15, -0.1) is 0 Å². The van der Waals surface area contributed by atoms with Crippen molar-refractivity contribution >= 4 is 17.7 Å². The lowest BCUT2D eigenvalue weighted by Gasteiger charge is -2.18. The van der Waals surface area contributed by atoms with Crippen LogP contribution in [0.1, 0.15) is 5.56 Å². The normalized spacial score (nSPS) is 13.1. The lowest BCUT2D eigenvalue weighted by molar-refractivity contribution is -0.112. The number of carbonyl (C=O) groups is 1. The van der Waals surface area contributed by atoms with Crippen molar-refractivity contribution in [3.8, 4) is 17.6 Å². The van der Waals surface area contributed by atoms with Crippen molar-refractivity contribution in [2.75, 3.05) is 18.5 Å². The van der Waals surface area contributed by atoms with Crippen LogP contribution in [0.15, 0.2) is 42.0 Å². The molecule has 0 saturated carbocycles. The first-order chi connectivity index (χ1) is 12.1. The van der Waals surface area contributed by atoms with Gasteiger partial charge < -0.3 is 14.8 Å². The van der Waals surface area contributed by atoms with Crippen LogP contribution in [0.5, 0.6) is 11.5 Å². The van der Waals surface area contributed by atoms with E-state index in [2.05, 4.69) is 5.32 Å². The Morgan fingerprint density at radius 1 is 1.12 bits per heavy atom. The second kappa shape index (κ2) is 7.01. The summed E-state index contributed by atoms with van der Waals surface area (Å²) in [7, 11) is 0. The van der Waals surface area contributed by atoms with E-state index in [0.29, 0.717) is 36.5 Å². The fraction of sp³-hybridized carbons (Fsp3) is 0.111.